The lowest BCUT2D eigenvalue weighted by Crippen LogP contribution is -2.32. The Morgan fingerprint density at radius 3 is 2.74 bits per heavy atom. The van der Waals surface area contributed by atoms with Gasteiger partial charge in [-0.1, -0.05) is 12.1 Å². The first kappa shape index (κ1) is 14.4. The van der Waals surface area contributed by atoms with Gasteiger partial charge >= 0.3 is 0 Å². The molecule has 1 aromatic rings. The first-order chi connectivity index (χ1) is 9.22. The fraction of sp³-hybridized carbons (Fsp3) is 0.625. The highest BCUT2D eigenvalue weighted by atomic mass is 16.5. The molecule has 1 fully saturated rings. The summed E-state index contributed by atoms with van der Waals surface area (Å²) < 4.78 is 11.0. The number of hydrogen-bond acceptors (Lipinski definition) is 3. The molecule has 1 aromatic carbocycles. The van der Waals surface area contributed by atoms with E-state index in [1.165, 1.54) is 0 Å². The molecular formula is C16H24O3. The highest BCUT2D eigenvalue weighted by Crippen LogP contribution is 2.37. The molecule has 1 aliphatic rings. The predicted molar refractivity (Wildman–Crippen MR) is 75.3 cm³/mol. The molecule has 106 valence electrons. The Labute approximate surface area is 115 Å². The average Bonchev–Trinajstić information content (AvgIpc) is 2.37. The van der Waals surface area contributed by atoms with Crippen LogP contribution in [-0.4, -0.2) is 24.4 Å². The Hall–Kier alpha value is -1.06. The van der Waals surface area contributed by atoms with Gasteiger partial charge < -0.3 is 14.6 Å². The fourth-order valence-electron chi connectivity index (χ4n) is 2.67. The number of benzene rings is 1. The van der Waals surface area contributed by atoms with Crippen LogP contribution in [0.1, 0.15) is 44.8 Å². The number of aliphatic hydroxyl groups is 1. The van der Waals surface area contributed by atoms with Crippen LogP contribution in [0.4, 0.5) is 0 Å². The third-order valence-electron chi connectivity index (χ3n) is 3.71. The summed E-state index contributed by atoms with van der Waals surface area (Å²) in [7, 11) is 0. The molecule has 0 heterocycles. The molecule has 0 amide bonds. The summed E-state index contributed by atoms with van der Waals surface area (Å²) in [6, 6.07) is 7.76. The summed E-state index contributed by atoms with van der Waals surface area (Å²) in [4.78, 5) is 0. The second kappa shape index (κ2) is 6.92. The molecule has 0 aromatic heterocycles. The van der Waals surface area contributed by atoms with Crippen LogP contribution in [0, 0.1) is 5.92 Å². The Morgan fingerprint density at radius 1 is 1.26 bits per heavy atom. The minimum absolute atomic E-state index is 0.395. The minimum Gasteiger partial charge on any atom is -0.494 e. The molecule has 1 N–H and O–H groups in total. The second-order valence-corrected chi connectivity index (χ2v) is 5.17. The van der Waals surface area contributed by atoms with Crippen molar-refractivity contribution in [3.8, 4) is 5.75 Å². The van der Waals surface area contributed by atoms with E-state index in [2.05, 4.69) is 0 Å². The summed E-state index contributed by atoms with van der Waals surface area (Å²) in [5.41, 5.74) is 0.950. The van der Waals surface area contributed by atoms with E-state index in [1.807, 2.05) is 38.1 Å². The van der Waals surface area contributed by atoms with Crippen LogP contribution >= 0.6 is 0 Å². The first-order valence-electron chi connectivity index (χ1n) is 7.25. The van der Waals surface area contributed by atoms with Crippen molar-refractivity contribution in [2.75, 3.05) is 13.2 Å². The lowest BCUT2D eigenvalue weighted by atomic mass is 9.78. The van der Waals surface area contributed by atoms with Crippen LogP contribution in [0.5, 0.6) is 5.75 Å². The topological polar surface area (TPSA) is 38.7 Å². The zero-order valence-corrected chi connectivity index (χ0v) is 11.8. The van der Waals surface area contributed by atoms with Gasteiger partial charge in [0.15, 0.2) is 0 Å². The maximum absolute atomic E-state index is 10.3. The highest BCUT2D eigenvalue weighted by molar-refractivity contribution is 5.29. The van der Waals surface area contributed by atoms with E-state index in [9.17, 15) is 5.11 Å². The van der Waals surface area contributed by atoms with E-state index in [1.54, 1.807) is 0 Å². The summed E-state index contributed by atoms with van der Waals surface area (Å²) >= 11 is 0. The van der Waals surface area contributed by atoms with Gasteiger partial charge in [0, 0.05) is 6.61 Å². The number of ether oxygens (including phenoxy) is 2. The Balaban J connectivity index is 1.83. The zero-order chi connectivity index (χ0) is 13.7. The minimum atomic E-state index is -0.395. The van der Waals surface area contributed by atoms with Crippen molar-refractivity contribution in [1.82, 2.24) is 0 Å². The standard InChI is InChI=1S/C16H24O3/c1-3-18-14-7-5-6-13(11-14)16(17)10-12-8-15(9-12)19-4-2/h5-7,11-12,15-17H,3-4,8-10H2,1-2H3. The number of aliphatic hydroxyl groups excluding tert-OH is 1. The summed E-state index contributed by atoms with van der Waals surface area (Å²) in [6.07, 6.45) is 3.00. The SMILES string of the molecule is CCOc1cccc(C(O)CC2CC(OCC)C2)c1. The Morgan fingerprint density at radius 2 is 2.05 bits per heavy atom. The molecule has 0 saturated heterocycles. The van der Waals surface area contributed by atoms with Crippen LogP contribution in [-0.2, 0) is 4.74 Å². The third-order valence-corrected chi connectivity index (χ3v) is 3.71. The molecule has 3 nitrogen and oxygen atoms in total. The number of hydrogen-bond donors (Lipinski definition) is 1. The van der Waals surface area contributed by atoms with Crippen molar-refractivity contribution in [3.05, 3.63) is 29.8 Å². The van der Waals surface area contributed by atoms with Crippen molar-refractivity contribution in [1.29, 1.82) is 0 Å². The number of rotatable bonds is 7. The van der Waals surface area contributed by atoms with E-state index in [0.29, 0.717) is 18.6 Å². The van der Waals surface area contributed by atoms with Crippen molar-refractivity contribution < 1.29 is 14.6 Å². The Bertz CT molecular complexity index is 385. The van der Waals surface area contributed by atoms with Crippen molar-refractivity contribution in [2.24, 2.45) is 5.92 Å². The van der Waals surface area contributed by atoms with Gasteiger partial charge in [0.2, 0.25) is 0 Å². The Kier molecular flexibility index (Phi) is 5.23. The van der Waals surface area contributed by atoms with E-state index in [4.69, 9.17) is 9.47 Å². The van der Waals surface area contributed by atoms with Crippen molar-refractivity contribution >= 4 is 0 Å². The van der Waals surface area contributed by atoms with Gasteiger partial charge in [0.1, 0.15) is 5.75 Å². The van der Waals surface area contributed by atoms with E-state index in [0.717, 1.165) is 37.2 Å². The van der Waals surface area contributed by atoms with Crippen LogP contribution in [0.3, 0.4) is 0 Å². The fourth-order valence-corrected chi connectivity index (χ4v) is 2.67. The smallest absolute Gasteiger partial charge is 0.119 e. The molecule has 19 heavy (non-hydrogen) atoms. The predicted octanol–water partition coefficient (Wildman–Crippen LogP) is 3.32. The second-order valence-electron chi connectivity index (χ2n) is 5.17. The molecule has 1 saturated carbocycles. The van der Waals surface area contributed by atoms with Crippen LogP contribution in [0.15, 0.2) is 24.3 Å². The van der Waals surface area contributed by atoms with Gasteiger partial charge in [0.05, 0.1) is 18.8 Å². The highest BCUT2D eigenvalue weighted by Gasteiger charge is 2.31. The average molecular weight is 264 g/mol. The molecule has 3 heteroatoms. The molecule has 0 radical (unpaired) electrons. The van der Waals surface area contributed by atoms with E-state index >= 15 is 0 Å². The van der Waals surface area contributed by atoms with Gasteiger partial charge in [0.25, 0.3) is 0 Å². The molecular weight excluding hydrogens is 240 g/mol. The molecule has 2 rings (SSSR count). The maximum Gasteiger partial charge on any atom is 0.119 e. The van der Waals surface area contributed by atoms with Gasteiger partial charge in [-0.15, -0.1) is 0 Å². The molecule has 1 atom stereocenters. The molecule has 0 spiro atoms. The molecule has 0 bridgehead atoms. The first-order valence-corrected chi connectivity index (χ1v) is 7.25. The van der Waals surface area contributed by atoms with Gasteiger partial charge in [-0.05, 0) is 56.7 Å². The van der Waals surface area contributed by atoms with Crippen molar-refractivity contribution in [2.45, 2.75) is 45.3 Å². The normalized spacial score (nSPS) is 23.7. The quantitative estimate of drug-likeness (QED) is 0.821. The summed E-state index contributed by atoms with van der Waals surface area (Å²) in [6.45, 7) is 5.43. The lowest BCUT2D eigenvalue weighted by Gasteiger charge is -2.36. The molecule has 1 unspecified atom stereocenters. The molecule has 0 aliphatic heterocycles. The van der Waals surface area contributed by atoms with E-state index in [-0.39, 0.29) is 0 Å². The van der Waals surface area contributed by atoms with E-state index < -0.39 is 6.10 Å². The third kappa shape index (κ3) is 3.95. The van der Waals surface area contributed by atoms with Gasteiger partial charge in [-0.3, -0.25) is 0 Å². The maximum atomic E-state index is 10.3. The zero-order valence-electron chi connectivity index (χ0n) is 11.8. The summed E-state index contributed by atoms with van der Waals surface area (Å²) in [5, 5.41) is 10.3. The van der Waals surface area contributed by atoms with Gasteiger partial charge in [-0.2, -0.15) is 0 Å². The lowest BCUT2D eigenvalue weighted by molar-refractivity contribution is -0.0380. The monoisotopic (exact) mass is 264 g/mol. The molecule has 1 aliphatic carbocycles. The van der Waals surface area contributed by atoms with Crippen LogP contribution in [0.2, 0.25) is 0 Å². The van der Waals surface area contributed by atoms with Crippen LogP contribution in [0.25, 0.3) is 0 Å². The summed E-state index contributed by atoms with van der Waals surface area (Å²) in [5.74, 6) is 1.42. The van der Waals surface area contributed by atoms with Crippen LogP contribution < -0.4 is 4.74 Å². The van der Waals surface area contributed by atoms with Crippen molar-refractivity contribution in [3.63, 3.8) is 0 Å². The van der Waals surface area contributed by atoms with Gasteiger partial charge in [-0.25, -0.2) is 0 Å². The largest absolute Gasteiger partial charge is 0.494 e.